The molecule has 3 atom stereocenters. The summed E-state index contributed by atoms with van der Waals surface area (Å²) in [5, 5.41) is 3.76. The Bertz CT molecular complexity index is 284. The molecule has 0 aromatic rings. The lowest BCUT2D eigenvalue weighted by atomic mass is 9.86. The minimum Gasteiger partial charge on any atom is -0.312 e. The molecule has 2 aliphatic heterocycles. The molecule has 0 saturated carbocycles. The molecular formula is C16H33N3. The topological polar surface area (TPSA) is 18.5 Å². The summed E-state index contributed by atoms with van der Waals surface area (Å²) >= 11 is 0. The Morgan fingerprint density at radius 1 is 1.16 bits per heavy atom. The molecule has 3 unspecified atom stereocenters. The Labute approximate surface area is 119 Å². The minimum atomic E-state index is 0.361. The molecule has 0 spiro atoms. The fourth-order valence-electron chi connectivity index (χ4n) is 3.46. The van der Waals surface area contributed by atoms with Crippen molar-refractivity contribution >= 4 is 0 Å². The van der Waals surface area contributed by atoms with Crippen LogP contribution in [0.1, 0.15) is 47.0 Å². The van der Waals surface area contributed by atoms with E-state index in [9.17, 15) is 0 Å². The highest BCUT2D eigenvalue weighted by Gasteiger charge is 2.33. The van der Waals surface area contributed by atoms with Gasteiger partial charge >= 0.3 is 0 Å². The fourth-order valence-corrected chi connectivity index (χ4v) is 3.46. The Kier molecular flexibility index (Phi) is 4.91. The summed E-state index contributed by atoms with van der Waals surface area (Å²) in [6.45, 7) is 14.4. The molecule has 0 aromatic heterocycles. The van der Waals surface area contributed by atoms with Gasteiger partial charge in [0.15, 0.2) is 0 Å². The minimum absolute atomic E-state index is 0.361. The van der Waals surface area contributed by atoms with Crippen molar-refractivity contribution in [3.63, 3.8) is 0 Å². The van der Waals surface area contributed by atoms with Crippen molar-refractivity contribution in [1.82, 2.24) is 15.1 Å². The number of nitrogens with zero attached hydrogens (tertiary/aromatic N) is 2. The molecule has 0 amide bonds. The maximum atomic E-state index is 3.76. The highest BCUT2D eigenvalue weighted by atomic mass is 15.2. The number of piperidine rings is 1. The van der Waals surface area contributed by atoms with Crippen LogP contribution in [-0.4, -0.2) is 61.2 Å². The Hall–Kier alpha value is -0.120. The zero-order valence-electron chi connectivity index (χ0n) is 13.6. The number of nitrogens with one attached hydrogen (secondary N) is 1. The fraction of sp³-hybridized carbons (Fsp3) is 1.00. The van der Waals surface area contributed by atoms with E-state index in [-0.39, 0.29) is 0 Å². The van der Waals surface area contributed by atoms with E-state index >= 15 is 0 Å². The summed E-state index contributed by atoms with van der Waals surface area (Å²) in [6.07, 6.45) is 3.98. The first kappa shape index (κ1) is 15.3. The van der Waals surface area contributed by atoms with Crippen LogP contribution in [0.4, 0.5) is 0 Å². The maximum Gasteiger partial charge on any atom is 0.0243 e. The summed E-state index contributed by atoms with van der Waals surface area (Å²) in [5.74, 6) is 0. The van der Waals surface area contributed by atoms with Crippen LogP contribution in [0.2, 0.25) is 0 Å². The Balaban J connectivity index is 1.98. The zero-order chi connectivity index (χ0) is 14.0. The first-order valence-electron chi connectivity index (χ1n) is 8.05. The summed E-state index contributed by atoms with van der Waals surface area (Å²) in [5.41, 5.74) is 0.361. The van der Waals surface area contributed by atoms with Gasteiger partial charge in [0.2, 0.25) is 0 Å². The molecule has 0 aliphatic carbocycles. The van der Waals surface area contributed by atoms with Gasteiger partial charge in [-0.1, -0.05) is 20.8 Å². The number of hydrogen-bond donors (Lipinski definition) is 1. The highest BCUT2D eigenvalue weighted by molar-refractivity contribution is 4.90. The van der Waals surface area contributed by atoms with Gasteiger partial charge in [0.05, 0.1) is 0 Å². The van der Waals surface area contributed by atoms with Gasteiger partial charge < -0.3 is 10.2 Å². The van der Waals surface area contributed by atoms with Gasteiger partial charge in [0, 0.05) is 24.7 Å². The van der Waals surface area contributed by atoms with E-state index in [0.717, 1.165) is 12.1 Å². The molecule has 3 nitrogen and oxygen atoms in total. The summed E-state index contributed by atoms with van der Waals surface area (Å²) in [7, 11) is 2.27. The second-order valence-electron chi connectivity index (χ2n) is 7.73. The third kappa shape index (κ3) is 3.93. The molecule has 2 aliphatic rings. The predicted octanol–water partition coefficient (Wildman–Crippen LogP) is 2.18. The molecule has 0 aromatic carbocycles. The van der Waals surface area contributed by atoms with Crippen molar-refractivity contribution in [1.29, 1.82) is 0 Å². The zero-order valence-corrected chi connectivity index (χ0v) is 13.6. The lowest BCUT2D eigenvalue weighted by molar-refractivity contribution is 0.0764. The van der Waals surface area contributed by atoms with E-state index < -0.39 is 0 Å². The first-order chi connectivity index (χ1) is 8.88. The average molecular weight is 267 g/mol. The van der Waals surface area contributed by atoms with Crippen LogP contribution in [0, 0.1) is 5.41 Å². The van der Waals surface area contributed by atoms with Crippen molar-refractivity contribution in [3.05, 3.63) is 0 Å². The molecule has 1 N–H and O–H groups in total. The normalized spacial score (nSPS) is 36.2. The van der Waals surface area contributed by atoms with Crippen LogP contribution >= 0.6 is 0 Å². The van der Waals surface area contributed by atoms with Gasteiger partial charge in [-0.25, -0.2) is 0 Å². The number of hydrogen-bond acceptors (Lipinski definition) is 3. The molecule has 3 heteroatoms. The summed E-state index contributed by atoms with van der Waals surface area (Å²) in [6, 6.07) is 2.17. The SMILES string of the molecule is CC1CC(N2CCCNC(C(C)(C)C)C2)CCN1C. The van der Waals surface area contributed by atoms with Crippen LogP contribution in [0.15, 0.2) is 0 Å². The Morgan fingerprint density at radius 2 is 1.89 bits per heavy atom. The van der Waals surface area contributed by atoms with Crippen molar-refractivity contribution in [2.75, 3.05) is 33.2 Å². The largest absolute Gasteiger partial charge is 0.312 e. The lowest BCUT2D eigenvalue weighted by Gasteiger charge is -2.42. The first-order valence-corrected chi connectivity index (χ1v) is 8.05. The quantitative estimate of drug-likeness (QED) is 0.785. The summed E-state index contributed by atoms with van der Waals surface area (Å²) in [4.78, 5) is 5.28. The molecule has 2 fully saturated rings. The third-order valence-electron chi connectivity index (χ3n) is 5.17. The third-order valence-corrected chi connectivity index (χ3v) is 5.17. The second kappa shape index (κ2) is 6.11. The van der Waals surface area contributed by atoms with Gasteiger partial charge in [-0.05, 0) is 58.3 Å². The number of likely N-dealkylation sites (tertiary alicyclic amines) is 1. The Morgan fingerprint density at radius 3 is 2.53 bits per heavy atom. The van der Waals surface area contributed by atoms with E-state index in [1.54, 1.807) is 0 Å². The van der Waals surface area contributed by atoms with E-state index in [1.165, 1.54) is 45.4 Å². The van der Waals surface area contributed by atoms with E-state index in [4.69, 9.17) is 0 Å². The average Bonchev–Trinajstić information content (AvgIpc) is 2.58. The predicted molar refractivity (Wildman–Crippen MR) is 82.5 cm³/mol. The van der Waals surface area contributed by atoms with Crippen LogP contribution in [0.3, 0.4) is 0 Å². The number of rotatable bonds is 1. The molecule has 2 rings (SSSR count). The highest BCUT2D eigenvalue weighted by Crippen LogP contribution is 2.26. The lowest BCUT2D eigenvalue weighted by Crippen LogP contribution is -2.52. The van der Waals surface area contributed by atoms with Gasteiger partial charge in [-0.2, -0.15) is 0 Å². The molecule has 112 valence electrons. The molecule has 2 heterocycles. The van der Waals surface area contributed by atoms with Crippen molar-refractivity contribution in [3.8, 4) is 0 Å². The van der Waals surface area contributed by atoms with E-state index in [2.05, 4.69) is 49.9 Å². The van der Waals surface area contributed by atoms with Crippen LogP contribution in [-0.2, 0) is 0 Å². The van der Waals surface area contributed by atoms with Crippen LogP contribution < -0.4 is 5.32 Å². The summed E-state index contributed by atoms with van der Waals surface area (Å²) < 4.78 is 0. The van der Waals surface area contributed by atoms with Gasteiger partial charge in [0.1, 0.15) is 0 Å². The smallest absolute Gasteiger partial charge is 0.0243 e. The van der Waals surface area contributed by atoms with Crippen molar-refractivity contribution < 1.29 is 0 Å². The van der Waals surface area contributed by atoms with Gasteiger partial charge in [-0.15, -0.1) is 0 Å². The van der Waals surface area contributed by atoms with Crippen LogP contribution in [0.25, 0.3) is 0 Å². The maximum absolute atomic E-state index is 3.76. The second-order valence-corrected chi connectivity index (χ2v) is 7.73. The molecule has 0 radical (unpaired) electrons. The molecule has 19 heavy (non-hydrogen) atoms. The monoisotopic (exact) mass is 267 g/mol. The van der Waals surface area contributed by atoms with E-state index in [1.807, 2.05) is 0 Å². The van der Waals surface area contributed by atoms with E-state index in [0.29, 0.717) is 11.5 Å². The molecular weight excluding hydrogens is 234 g/mol. The molecule has 0 bridgehead atoms. The van der Waals surface area contributed by atoms with Gasteiger partial charge in [0.25, 0.3) is 0 Å². The van der Waals surface area contributed by atoms with Gasteiger partial charge in [-0.3, -0.25) is 4.90 Å². The van der Waals surface area contributed by atoms with Crippen LogP contribution in [0.5, 0.6) is 0 Å². The molecule has 2 saturated heterocycles. The standard InChI is InChI=1S/C16H33N3/c1-13-11-14(7-10-18(13)5)19-9-6-8-17-15(12-19)16(2,3)4/h13-15,17H,6-12H2,1-5H3. The van der Waals surface area contributed by atoms with Crippen molar-refractivity contribution in [2.24, 2.45) is 5.41 Å². The van der Waals surface area contributed by atoms with Crippen molar-refractivity contribution in [2.45, 2.75) is 65.1 Å².